The topological polar surface area (TPSA) is 186 Å². The summed E-state index contributed by atoms with van der Waals surface area (Å²) in [5, 5.41) is 19.9. The van der Waals surface area contributed by atoms with Crippen molar-refractivity contribution >= 4 is 53.2 Å². The Morgan fingerprint density at radius 1 is 1.40 bits per heavy atom. The first-order valence-electron chi connectivity index (χ1n) is 8.51. The number of ether oxygens (including phenoxy) is 2. The normalized spacial score (nSPS) is 23.9. The van der Waals surface area contributed by atoms with Gasteiger partial charge in [-0.1, -0.05) is 0 Å². The molecule has 30 heavy (non-hydrogen) atoms. The molecule has 0 saturated carbocycles. The number of nitrogens with one attached hydrogen (secondary N) is 1. The molecule has 0 spiro atoms. The minimum absolute atomic E-state index is 0.00755. The van der Waals surface area contributed by atoms with Crippen LogP contribution in [0.2, 0.25) is 0 Å². The summed E-state index contributed by atoms with van der Waals surface area (Å²) in [5.41, 5.74) is 3.55. The minimum Gasteiger partial charge on any atom is -0.480 e. The fourth-order valence-corrected chi connectivity index (χ4v) is 5.03. The molecule has 12 nitrogen and oxygen atoms in total. The number of nitrogens with zero attached hydrogens (tertiary/aromatic N) is 1. The van der Waals surface area contributed by atoms with Crippen LogP contribution in [0.25, 0.3) is 0 Å². The number of carbonyl (C=O) groups excluding carboxylic acids is 3. The Labute approximate surface area is 179 Å². The lowest BCUT2D eigenvalue weighted by Crippen LogP contribution is -2.80. The van der Waals surface area contributed by atoms with Crippen LogP contribution < -0.4 is 11.1 Å². The van der Waals surface area contributed by atoms with Crippen LogP contribution in [-0.4, -0.2) is 93.0 Å². The highest BCUT2D eigenvalue weighted by atomic mass is 32.2. The molecule has 0 aromatic heterocycles. The number of carbonyl (C=O) groups is 5. The summed E-state index contributed by atoms with van der Waals surface area (Å²) in [6.07, 6.45) is 0. The van der Waals surface area contributed by atoms with E-state index < -0.39 is 46.9 Å². The summed E-state index contributed by atoms with van der Waals surface area (Å²) >= 11 is 2.12. The van der Waals surface area contributed by atoms with Crippen molar-refractivity contribution in [1.29, 1.82) is 0 Å². The number of carboxylic acid groups (broad SMARTS) is 2. The number of aliphatic carboxylic acids is 2. The Hall–Kier alpha value is -2.29. The fraction of sp³-hybridized carbons (Fsp3) is 0.562. The molecule has 2 heterocycles. The lowest BCUT2D eigenvalue weighted by Gasteiger charge is -2.55. The van der Waals surface area contributed by atoms with Gasteiger partial charge in [0.15, 0.2) is 0 Å². The third-order valence-corrected chi connectivity index (χ3v) is 6.69. The minimum atomic E-state index is -1.76. The second-order valence-electron chi connectivity index (χ2n) is 6.32. The molecular weight excluding hydrogens is 442 g/mol. The third-order valence-electron chi connectivity index (χ3n) is 4.26. The van der Waals surface area contributed by atoms with E-state index in [1.54, 1.807) is 0 Å². The number of hydrogen-bond acceptors (Lipinski definition) is 10. The molecule has 2 amide bonds. The van der Waals surface area contributed by atoms with Crippen molar-refractivity contribution in [1.82, 2.24) is 10.2 Å². The highest BCUT2D eigenvalue weighted by Crippen LogP contribution is 2.46. The molecule has 1 fully saturated rings. The first-order chi connectivity index (χ1) is 14.0. The molecule has 2 aliphatic heterocycles. The molecule has 0 aromatic carbocycles. The van der Waals surface area contributed by atoms with Crippen LogP contribution >= 0.6 is 23.5 Å². The highest BCUT2D eigenvalue weighted by molar-refractivity contribution is 8.00. The molecule has 1 unspecified atom stereocenters. The Bertz CT molecular complexity index is 803. The largest absolute Gasteiger partial charge is 0.480 e. The van der Waals surface area contributed by atoms with Gasteiger partial charge >= 0.3 is 17.9 Å². The van der Waals surface area contributed by atoms with Crippen LogP contribution in [0.1, 0.15) is 6.92 Å². The van der Waals surface area contributed by atoms with Crippen molar-refractivity contribution in [2.24, 2.45) is 5.73 Å². The highest BCUT2D eigenvalue weighted by Gasteiger charge is 2.66. The molecule has 0 bridgehead atoms. The van der Waals surface area contributed by atoms with Crippen LogP contribution in [0.3, 0.4) is 0 Å². The Morgan fingerprint density at radius 2 is 2.07 bits per heavy atom. The number of hydrogen-bond donors (Lipinski definition) is 4. The number of rotatable bonds is 10. The number of methoxy groups -OCH3 is 1. The van der Waals surface area contributed by atoms with Crippen LogP contribution in [0.5, 0.6) is 0 Å². The Balaban J connectivity index is 2.11. The maximum absolute atomic E-state index is 12.8. The van der Waals surface area contributed by atoms with E-state index in [1.165, 1.54) is 14.0 Å². The number of carboxylic acids is 2. The summed E-state index contributed by atoms with van der Waals surface area (Å²) in [6, 6.07) is -1.13. The van der Waals surface area contributed by atoms with E-state index in [2.05, 4.69) is 5.32 Å². The lowest BCUT2D eigenvalue weighted by molar-refractivity contribution is -0.192. The second kappa shape index (κ2) is 9.68. The van der Waals surface area contributed by atoms with E-state index in [9.17, 15) is 29.1 Å². The first kappa shape index (κ1) is 24.0. The molecule has 3 atom stereocenters. The zero-order valence-electron chi connectivity index (χ0n) is 16.1. The third kappa shape index (κ3) is 4.71. The average molecular weight is 463 g/mol. The molecule has 1 saturated heterocycles. The molecule has 166 valence electrons. The average Bonchev–Trinajstić information content (AvgIpc) is 2.68. The van der Waals surface area contributed by atoms with Crippen LogP contribution in [0.15, 0.2) is 11.3 Å². The predicted octanol–water partition coefficient (Wildman–Crippen LogP) is -1.59. The van der Waals surface area contributed by atoms with E-state index in [0.717, 1.165) is 28.4 Å². The zero-order valence-corrected chi connectivity index (χ0v) is 17.7. The van der Waals surface area contributed by atoms with Gasteiger partial charge in [0.05, 0.1) is 5.75 Å². The van der Waals surface area contributed by atoms with Gasteiger partial charge in [0.1, 0.15) is 23.7 Å². The van der Waals surface area contributed by atoms with Crippen LogP contribution in [0, 0.1) is 0 Å². The number of thioether (sulfide) groups is 2. The van der Waals surface area contributed by atoms with Gasteiger partial charge in [0.25, 0.3) is 11.6 Å². The molecule has 2 rings (SSSR count). The van der Waals surface area contributed by atoms with Crippen molar-refractivity contribution in [2.75, 3.05) is 31.0 Å². The number of β-lactam (4-membered cyclic amide) rings is 1. The number of amides is 2. The van der Waals surface area contributed by atoms with Crippen molar-refractivity contribution in [3.8, 4) is 0 Å². The van der Waals surface area contributed by atoms with Gasteiger partial charge in [-0.3, -0.25) is 24.1 Å². The Morgan fingerprint density at radius 3 is 2.60 bits per heavy atom. The van der Waals surface area contributed by atoms with Gasteiger partial charge in [-0.25, -0.2) is 4.79 Å². The van der Waals surface area contributed by atoms with Crippen LogP contribution in [-0.2, 0) is 33.4 Å². The SMILES string of the molecule is CO[C@@]1(NC(=O)CSC[C@@H](N)C(=O)O)C(=O)N2C(C(=O)O)=C(COC(C)=O)CSC21. The maximum atomic E-state index is 12.8. The van der Waals surface area contributed by atoms with E-state index in [-0.39, 0.29) is 35.1 Å². The first-order valence-corrected chi connectivity index (χ1v) is 10.7. The Kier molecular flexibility index (Phi) is 7.74. The lowest BCUT2D eigenvalue weighted by atomic mass is 9.98. The summed E-state index contributed by atoms with van der Waals surface area (Å²) in [5.74, 6) is -4.56. The van der Waals surface area contributed by atoms with Crippen molar-refractivity contribution in [3.05, 3.63) is 11.3 Å². The van der Waals surface area contributed by atoms with Gasteiger partial charge in [0.2, 0.25) is 5.91 Å². The van der Waals surface area contributed by atoms with E-state index in [4.69, 9.17) is 20.3 Å². The molecule has 2 aliphatic rings. The standard InChI is InChI=1S/C16H21N3O9S2/c1-7(20)28-3-8-4-30-15-16(27-2,14(26)19(15)11(8)13(24)25)18-10(21)6-29-5-9(17)12(22)23/h9,15H,3-6,17H2,1-2H3,(H,18,21)(H,22,23)(H,24,25)/t9-,15?,16+/m1/s1. The zero-order chi connectivity index (χ0) is 22.6. The number of esters is 1. The molecule has 0 aromatic rings. The second-order valence-corrected chi connectivity index (χ2v) is 8.42. The van der Waals surface area contributed by atoms with Gasteiger partial charge in [0, 0.05) is 31.1 Å². The predicted molar refractivity (Wildman–Crippen MR) is 105 cm³/mol. The summed E-state index contributed by atoms with van der Waals surface area (Å²) in [7, 11) is 1.21. The van der Waals surface area contributed by atoms with Gasteiger partial charge in [-0.15, -0.1) is 23.5 Å². The van der Waals surface area contributed by atoms with Gasteiger partial charge < -0.3 is 30.7 Å². The number of fused-ring (bicyclic) bond motifs is 1. The van der Waals surface area contributed by atoms with E-state index in [1.807, 2.05) is 0 Å². The molecule has 0 radical (unpaired) electrons. The van der Waals surface area contributed by atoms with Crippen molar-refractivity contribution < 1.29 is 43.7 Å². The van der Waals surface area contributed by atoms with Crippen LogP contribution in [0.4, 0.5) is 0 Å². The summed E-state index contributed by atoms with van der Waals surface area (Å²) in [6.45, 7) is 0.911. The summed E-state index contributed by atoms with van der Waals surface area (Å²) < 4.78 is 10.1. The summed E-state index contributed by atoms with van der Waals surface area (Å²) in [4.78, 5) is 59.6. The quantitative estimate of drug-likeness (QED) is 0.165. The smallest absolute Gasteiger partial charge is 0.352 e. The van der Waals surface area contributed by atoms with E-state index >= 15 is 0 Å². The van der Waals surface area contributed by atoms with E-state index in [0.29, 0.717) is 0 Å². The van der Waals surface area contributed by atoms with Crippen molar-refractivity contribution in [3.63, 3.8) is 0 Å². The maximum Gasteiger partial charge on any atom is 0.352 e. The molecular formula is C16H21N3O9S2. The number of nitrogens with two attached hydrogens (primary N) is 1. The fourth-order valence-electron chi connectivity index (χ4n) is 2.84. The monoisotopic (exact) mass is 463 g/mol. The molecule has 0 aliphatic carbocycles. The van der Waals surface area contributed by atoms with Crippen molar-refractivity contribution in [2.45, 2.75) is 24.1 Å². The molecule has 14 heteroatoms. The van der Waals surface area contributed by atoms with Gasteiger partial charge in [-0.05, 0) is 0 Å². The molecule has 5 N–H and O–H groups in total. The van der Waals surface area contributed by atoms with Gasteiger partial charge in [-0.2, -0.15) is 0 Å².